The summed E-state index contributed by atoms with van der Waals surface area (Å²) in [6, 6.07) is 13.1. The standard InChI is InChI=1S/C24H20F3N5O4S/c1-13-20(30-23(34)17-11-19(22(28)33)29-18-6-4-3-5-16(17)18)21(24(25,26)27)31-32(13)12-14-7-9-15(10-8-14)37(2,35)36/h3-11H,12H2,1-2H3,(H2,28,33)(H,30,34). The zero-order chi connectivity index (χ0) is 27.1. The summed E-state index contributed by atoms with van der Waals surface area (Å²) in [5.74, 6) is -1.81. The fraction of sp³-hybridized carbons (Fsp3) is 0.167. The topological polar surface area (TPSA) is 137 Å². The van der Waals surface area contributed by atoms with Crippen molar-refractivity contribution < 1.29 is 31.2 Å². The number of anilines is 1. The van der Waals surface area contributed by atoms with Crippen LogP contribution in [0.3, 0.4) is 0 Å². The van der Waals surface area contributed by atoms with Crippen molar-refractivity contribution in [3.8, 4) is 0 Å². The highest BCUT2D eigenvalue weighted by Crippen LogP contribution is 2.36. The quantitative estimate of drug-likeness (QED) is 0.390. The van der Waals surface area contributed by atoms with Gasteiger partial charge in [-0.2, -0.15) is 18.3 Å². The van der Waals surface area contributed by atoms with Gasteiger partial charge in [-0.1, -0.05) is 30.3 Å². The van der Waals surface area contributed by atoms with E-state index in [1.165, 1.54) is 37.3 Å². The molecule has 13 heteroatoms. The minimum atomic E-state index is -4.89. The van der Waals surface area contributed by atoms with Crippen molar-refractivity contribution in [3.05, 3.63) is 82.8 Å². The first kappa shape index (κ1) is 25.8. The summed E-state index contributed by atoms with van der Waals surface area (Å²) in [7, 11) is -3.44. The molecule has 0 aliphatic rings. The zero-order valence-electron chi connectivity index (χ0n) is 19.5. The van der Waals surface area contributed by atoms with E-state index >= 15 is 0 Å². The molecule has 0 unspecified atom stereocenters. The highest BCUT2D eigenvalue weighted by Gasteiger charge is 2.39. The Morgan fingerprint density at radius 1 is 1.08 bits per heavy atom. The first-order chi connectivity index (χ1) is 17.3. The Hall–Kier alpha value is -4.26. The number of aromatic nitrogens is 3. The lowest BCUT2D eigenvalue weighted by atomic mass is 10.1. The third-order valence-electron chi connectivity index (χ3n) is 5.61. The van der Waals surface area contributed by atoms with E-state index in [2.05, 4.69) is 15.4 Å². The van der Waals surface area contributed by atoms with Gasteiger partial charge in [-0.05, 0) is 36.8 Å². The molecule has 4 rings (SSSR count). The molecule has 0 bridgehead atoms. The van der Waals surface area contributed by atoms with Crippen molar-refractivity contribution in [1.29, 1.82) is 0 Å². The maximum Gasteiger partial charge on any atom is 0.437 e. The highest BCUT2D eigenvalue weighted by atomic mass is 32.2. The maximum atomic E-state index is 13.9. The van der Waals surface area contributed by atoms with Gasteiger partial charge in [0.25, 0.3) is 11.8 Å². The number of sulfone groups is 1. The molecule has 0 saturated heterocycles. The second-order valence-electron chi connectivity index (χ2n) is 8.27. The fourth-order valence-corrected chi connectivity index (χ4v) is 4.36. The molecule has 0 radical (unpaired) electrons. The van der Waals surface area contributed by atoms with Crippen LogP contribution in [0.4, 0.5) is 18.9 Å². The van der Waals surface area contributed by atoms with Crippen LogP contribution in [0.25, 0.3) is 10.9 Å². The number of rotatable bonds is 6. The van der Waals surface area contributed by atoms with E-state index in [0.717, 1.165) is 17.0 Å². The van der Waals surface area contributed by atoms with Gasteiger partial charge in [0.15, 0.2) is 15.5 Å². The van der Waals surface area contributed by atoms with Gasteiger partial charge in [-0.3, -0.25) is 14.3 Å². The van der Waals surface area contributed by atoms with E-state index in [4.69, 9.17) is 5.73 Å². The van der Waals surface area contributed by atoms with Crippen LogP contribution in [0.15, 0.2) is 59.5 Å². The van der Waals surface area contributed by atoms with Crippen molar-refractivity contribution in [2.24, 2.45) is 5.73 Å². The number of hydrogen-bond donors (Lipinski definition) is 2. The molecule has 4 aromatic rings. The van der Waals surface area contributed by atoms with E-state index in [1.807, 2.05) is 0 Å². The molecule has 0 fully saturated rings. The second kappa shape index (κ2) is 9.32. The first-order valence-corrected chi connectivity index (χ1v) is 12.6. The molecule has 2 aromatic heterocycles. The number of nitrogens with two attached hydrogens (primary N) is 1. The normalized spacial score (nSPS) is 12.0. The van der Waals surface area contributed by atoms with E-state index in [0.29, 0.717) is 10.9 Å². The van der Waals surface area contributed by atoms with Crippen LogP contribution in [0, 0.1) is 6.92 Å². The Labute approximate surface area is 209 Å². The Morgan fingerprint density at radius 2 is 1.73 bits per heavy atom. The minimum Gasteiger partial charge on any atom is -0.364 e. The summed E-state index contributed by atoms with van der Waals surface area (Å²) in [6.45, 7) is 1.25. The van der Waals surface area contributed by atoms with Gasteiger partial charge < -0.3 is 11.1 Å². The minimum absolute atomic E-state index is 0.0151. The maximum absolute atomic E-state index is 13.9. The van der Waals surface area contributed by atoms with Crippen LogP contribution >= 0.6 is 0 Å². The molecular formula is C24H20F3N5O4S. The zero-order valence-corrected chi connectivity index (χ0v) is 20.3. The number of primary amides is 1. The number of nitrogens with one attached hydrogen (secondary N) is 1. The molecule has 37 heavy (non-hydrogen) atoms. The van der Waals surface area contributed by atoms with Crippen molar-refractivity contribution in [2.75, 3.05) is 11.6 Å². The lowest BCUT2D eigenvalue weighted by Crippen LogP contribution is -2.19. The van der Waals surface area contributed by atoms with Gasteiger partial charge in [-0.15, -0.1) is 0 Å². The molecule has 0 saturated carbocycles. The molecular weight excluding hydrogens is 511 g/mol. The van der Waals surface area contributed by atoms with E-state index in [1.54, 1.807) is 18.2 Å². The SMILES string of the molecule is Cc1c(NC(=O)c2cc(C(N)=O)nc3ccccc23)c(C(F)(F)F)nn1Cc1ccc(S(C)(=O)=O)cc1. The number of carbonyl (C=O) groups excluding carboxylic acids is 2. The lowest BCUT2D eigenvalue weighted by Gasteiger charge is -2.11. The third-order valence-corrected chi connectivity index (χ3v) is 6.74. The molecule has 0 aliphatic heterocycles. The van der Waals surface area contributed by atoms with Crippen LogP contribution in [0.5, 0.6) is 0 Å². The molecule has 3 N–H and O–H groups in total. The predicted molar refractivity (Wildman–Crippen MR) is 129 cm³/mol. The van der Waals surface area contributed by atoms with Gasteiger partial charge in [0.2, 0.25) is 0 Å². The lowest BCUT2D eigenvalue weighted by molar-refractivity contribution is -0.140. The summed E-state index contributed by atoms with van der Waals surface area (Å²) >= 11 is 0. The van der Waals surface area contributed by atoms with Crippen molar-refractivity contribution in [1.82, 2.24) is 14.8 Å². The Morgan fingerprint density at radius 3 is 2.32 bits per heavy atom. The largest absolute Gasteiger partial charge is 0.437 e. The number of nitrogens with zero attached hydrogens (tertiary/aromatic N) is 3. The number of alkyl halides is 3. The average molecular weight is 532 g/mol. The molecule has 192 valence electrons. The number of carbonyl (C=O) groups is 2. The number of benzene rings is 2. The average Bonchev–Trinajstić information content (AvgIpc) is 3.13. The fourth-order valence-electron chi connectivity index (χ4n) is 3.73. The van der Waals surface area contributed by atoms with Gasteiger partial charge >= 0.3 is 6.18 Å². The van der Waals surface area contributed by atoms with Crippen LogP contribution in [0.1, 0.15) is 37.8 Å². The van der Waals surface area contributed by atoms with Crippen LogP contribution in [0.2, 0.25) is 0 Å². The second-order valence-corrected chi connectivity index (χ2v) is 10.3. The Balaban J connectivity index is 1.74. The molecule has 2 aromatic carbocycles. The van der Waals surface area contributed by atoms with Crippen molar-refractivity contribution in [2.45, 2.75) is 24.5 Å². The summed E-state index contributed by atoms with van der Waals surface area (Å²) in [5, 5.41) is 6.28. The van der Waals surface area contributed by atoms with Crippen LogP contribution < -0.4 is 11.1 Å². The summed E-state index contributed by atoms with van der Waals surface area (Å²) in [6.07, 6.45) is -3.85. The van der Waals surface area contributed by atoms with Gasteiger partial charge in [-0.25, -0.2) is 13.4 Å². The molecule has 2 heterocycles. The monoisotopic (exact) mass is 531 g/mol. The molecule has 0 aliphatic carbocycles. The van der Waals surface area contributed by atoms with Gasteiger partial charge in [0, 0.05) is 11.6 Å². The van der Waals surface area contributed by atoms with E-state index in [-0.39, 0.29) is 33.9 Å². The molecule has 2 amide bonds. The number of para-hydroxylation sites is 1. The highest BCUT2D eigenvalue weighted by molar-refractivity contribution is 7.90. The molecule has 0 spiro atoms. The van der Waals surface area contributed by atoms with E-state index in [9.17, 15) is 31.2 Å². The van der Waals surface area contributed by atoms with E-state index < -0.39 is 39.2 Å². The molecule has 9 nitrogen and oxygen atoms in total. The Bertz CT molecular complexity index is 1650. The van der Waals surface area contributed by atoms with Crippen molar-refractivity contribution in [3.63, 3.8) is 0 Å². The number of halogens is 3. The first-order valence-electron chi connectivity index (χ1n) is 10.7. The third kappa shape index (κ3) is 5.31. The smallest absolute Gasteiger partial charge is 0.364 e. The number of amides is 2. The van der Waals surface area contributed by atoms with Crippen LogP contribution in [-0.4, -0.2) is 41.3 Å². The Kier molecular flexibility index (Phi) is 6.50. The van der Waals surface area contributed by atoms with Crippen molar-refractivity contribution >= 4 is 38.2 Å². The summed E-state index contributed by atoms with van der Waals surface area (Å²) < 4.78 is 66.0. The van der Waals surface area contributed by atoms with Gasteiger partial charge in [0.05, 0.1) is 33.9 Å². The predicted octanol–water partition coefficient (Wildman–Crippen LogP) is 3.56. The molecule has 0 atom stereocenters. The van der Waals surface area contributed by atoms with Gasteiger partial charge in [0.1, 0.15) is 5.69 Å². The number of fused-ring (bicyclic) bond motifs is 1. The summed E-state index contributed by atoms with van der Waals surface area (Å²) in [4.78, 5) is 29.0. The number of pyridine rings is 1. The summed E-state index contributed by atoms with van der Waals surface area (Å²) in [5.41, 5.74) is 3.93. The number of hydrogen-bond acceptors (Lipinski definition) is 6. The van der Waals surface area contributed by atoms with Crippen LogP contribution in [-0.2, 0) is 22.6 Å².